The largest absolute Gasteiger partial charge is 0.399 e. The fourth-order valence-corrected chi connectivity index (χ4v) is 2.37. The van der Waals surface area contributed by atoms with Gasteiger partial charge in [-0.3, -0.25) is 9.78 Å². The van der Waals surface area contributed by atoms with Crippen molar-refractivity contribution in [3.63, 3.8) is 0 Å². The standard InChI is InChI=1S/C17H17Cl2N3O2/c1-11-7-8-20-10-16(11)21-17(23)6-5-15(22-24-2)12-3-4-13(18)14(19)9-12/h3-4,7-10H,5-6H2,1-2H3,(H,21,23). The highest BCUT2D eigenvalue weighted by atomic mass is 35.5. The lowest BCUT2D eigenvalue weighted by Crippen LogP contribution is -2.15. The summed E-state index contributed by atoms with van der Waals surface area (Å²) in [5.41, 5.74) is 3.03. The normalized spacial score (nSPS) is 11.2. The summed E-state index contributed by atoms with van der Waals surface area (Å²) in [6, 6.07) is 7.01. The van der Waals surface area contributed by atoms with Gasteiger partial charge in [0.05, 0.1) is 27.6 Å². The monoisotopic (exact) mass is 365 g/mol. The number of pyridine rings is 1. The number of nitrogens with zero attached hydrogens (tertiary/aromatic N) is 2. The summed E-state index contributed by atoms with van der Waals surface area (Å²) >= 11 is 12.0. The van der Waals surface area contributed by atoms with Crippen molar-refractivity contribution < 1.29 is 9.63 Å². The Kier molecular flexibility index (Phi) is 6.58. The topological polar surface area (TPSA) is 63.6 Å². The van der Waals surface area contributed by atoms with Gasteiger partial charge in [0.25, 0.3) is 0 Å². The van der Waals surface area contributed by atoms with Gasteiger partial charge in [0.1, 0.15) is 7.11 Å². The van der Waals surface area contributed by atoms with Crippen molar-refractivity contribution in [1.82, 2.24) is 4.98 Å². The Bertz CT molecular complexity index is 763. The number of carbonyl (C=O) groups is 1. The van der Waals surface area contributed by atoms with Crippen LogP contribution in [0.3, 0.4) is 0 Å². The fraction of sp³-hybridized carbons (Fsp3) is 0.235. The summed E-state index contributed by atoms with van der Waals surface area (Å²) in [5.74, 6) is -0.130. The summed E-state index contributed by atoms with van der Waals surface area (Å²) < 4.78 is 0. The summed E-state index contributed by atoms with van der Waals surface area (Å²) in [5, 5.41) is 7.70. The van der Waals surface area contributed by atoms with Gasteiger partial charge < -0.3 is 10.2 Å². The summed E-state index contributed by atoms with van der Waals surface area (Å²) in [6.07, 6.45) is 3.95. The number of hydrogen-bond donors (Lipinski definition) is 1. The molecule has 1 N–H and O–H groups in total. The van der Waals surface area contributed by atoms with Crippen LogP contribution in [-0.2, 0) is 9.63 Å². The molecule has 1 amide bonds. The Balaban J connectivity index is 2.04. The van der Waals surface area contributed by atoms with E-state index in [-0.39, 0.29) is 12.3 Å². The van der Waals surface area contributed by atoms with Gasteiger partial charge in [0, 0.05) is 24.6 Å². The molecule has 0 aliphatic rings. The Hall–Kier alpha value is -2.11. The highest BCUT2D eigenvalue weighted by molar-refractivity contribution is 6.42. The summed E-state index contributed by atoms with van der Waals surface area (Å²) in [4.78, 5) is 21.0. The van der Waals surface area contributed by atoms with Crippen LogP contribution in [0.15, 0.2) is 41.8 Å². The Morgan fingerprint density at radius 2 is 2.04 bits per heavy atom. The Labute approximate surface area is 150 Å². The van der Waals surface area contributed by atoms with Crippen molar-refractivity contribution in [2.24, 2.45) is 5.16 Å². The van der Waals surface area contributed by atoms with Crippen LogP contribution in [-0.4, -0.2) is 23.7 Å². The molecule has 0 aliphatic carbocycles. The van der Waals surface area contributed by atoms with Crippen molar-refractivity contribution in [2.75, 3.05) is 12.4 Å². The van der Waals surface area contributed by atoms with E-state index >= 15 is 0 Å². The molecule has 1 heterocycles. The number of rotatable bonds is 6. The van der Waals surface area contributed by atoms with E-state index in [1.165, 1.54) is 7.11 Å². The molecule has 24 heavy (non-hydrogen) atoms. The number of aromatic nitrogens is 1. The van der Waals surface area contributed by atoms with Gasteiger partial charge in [-0.1, -0.05) is 34.4 Å². The molecular weight excluding hydrogens is 349 g/mol. The van der Waals surface area contributed by atoms with Crippen LogP contribution in [0.5, 0.6) is 0 Å². The molecule has 0 saturated carbocycles. The molecule has 0 saturated heterocycles. The van der Waals surface area contributed by atoms with E-state index in [2.05, 4.69) is 15.5 Å². The third-order valence-electron chi connectivity index (χ3n) is 3.36. The van der Waals surface area contributed by atoms with E-state index in [9.17, 15) is 4.79 Å². The molecule has 0 fully saturated rings. The third kappa shape index (κ3) is 4.94. The zero-order chi connectivity index (χ0) is 17.5. The van der Waals surface area contributed by atoms with Gasteiger partial charge in [0.2, 0.25) is 5.91 Å². The van der Waals surface area contributed by atoms with Crippen LogP contribution in [0.1, 0.15) is 24.0 Å². The van der Waals surface area contributed by atoms with Crippen molar-refractivity contribution in [3.8, 4) is 0 Å². The van der Waals surface area contributed by atoms with Crippen LogP contribution in [0, 0.1) is 6.92 Å². The molecule has 1 aromatic carbocycles. The second-order valence-electron chi connectivity index (χ2n) is 5.09. The molecule has 0 aliphatic heterocycles. The third-order valence-corrected chi connectivity index (χ3v) is 4.10. The van der Waals surface area contributed by atoms with Gasteiger partial charge in [-0.15, -0.1) is 0 Å². The first-order valence-corrected chi connectivity index (χ1v) is 8.02. The van der Waals surface area contributed by atoms with Gasteiger partial charge in [-0.25, -0.2) is 0 Å². The first kappa shape index (κ1) is 18.2. The van der Waals surface area contributed by atoms with E-state index in [0.717, 1.165) is 11.1 Å². The predicted molar refractivity (Wildman–Crippen MR) is 96.8 cm³/mol. The van der Waals surface area contributed by atoms with Crippen molar-refractivity contribution in [1.29, 1.82) is 0 Å². The van der Waals surface area contributed by atoms with Crippen LogP contribution < -0.4 is 5.32 Å². The van der Waals surface area contributed by atoms with Crippen molar-refractivity contribution >= 4 is 40.5 Å². The van der Waals surface area contributed by atoms with Crippen molar-refractivity contribution in [3.05, 3.63) is 57.8 Å². The highest BCUT2D eigenvalue weighted by Crippen LogP contribution is 2.24. The SMILES string of the molecule is CON=C(CCC(=O)Nc1cnccc1C)c1ccc(Cl)c(Cl)c1. The molecule has 0 radical (unpaired) electrons. The second kappa shape index (κ2) is 8.66. The molecule has 0 unspecified atom stereocenters. The molecule has 2 aromatic rings. The lowest BCUT2D eigenvalue weighted by atomic mass is 10.1. The lowest BCUT2D eigenvalue weighted by Gasteiger charge is -2.09. The molecule has 0 bridgehead atoms. The first-order chi connectivity index (χ1) is 11.5. The molecule has 7 heteroatoms. The average molecular weight is 366 g/mol. The van der Waals surface area contributed by atoms with E-state index in [1.54, 1.807) is 30.6 Å². The number of oxime groups is 1. The number of nitrogens with one attached hydrogen (secondary N) is 1. The number of aryl methyl sites for hydroxylation is 1. The minimum atomic E-state index is -0.130. The number of halogens is 2. The molecule has 0 atom stereocenters. The quantitative estimate of drug-likeness (QED) is 0.606. The van der Waals surface area contributed by atoms with Crippen molar-refractivity contribution in [2.45, 2.75) is 19.8 Å². The highest BCUT2D eigenvalue weighted by Gasteiger charge is 2.11. The number of hydrogen-bond acceptors (Lipinski definition) is 4. The lowest BCUT2D eigenvalue weighted by molar-refractivity contribution is -0.116. The minimum Gasteiger partial charge on any atom is -0.399 e. The number of benzene rings is 1. The maximum atomic E-state index is 12.1. The van der Waals surface area contributed by atoms with Crippen LogP contribution in [0.25, 0.3) is 0 Å². The van der Waals surface area contributed by atoms with E-state index < -0.39 is 0 Å². The molecular formula is C17H17Cl2N3O2. The zero-order valence-corrected chi connectivity index (χ0v) is 14.9. The minimum absolute atomic E-state index is 0.130. The molecule has 1 aromatic heterocycles. The summed E-state index contributed by atoms with van der Waals surface area (Å²) in [7, 11) is 1.45. The number of carbonyl (C=O) groups excluding carboxylic acids is 1. The Morgan fingerprint density at radius 1 is 1.25 bits per heavy atom. The Morgan fingerprint density at radius 3 is 2.71 bits per heavy atom. The molecule has 5 nitrogen and oxygen atoms in total. The van der Waals surface area contributed by atoms with Gasteiger partial charge in [-0.2, -0.15) is 0 Å². The van der Waals surface area contributed by atoms with Gasteiger partial charge >= 0.3 is 0 Å². The molecule has 126 valence electrons. The van der Waals surface area contributed by atoms with Crippen LogP contribution in [0.4, 0.5) is 5.69 Å². The van der Waals surface area contributed by atoms with E-state index in [1.807, 2.05) is 13.0 Å². The van der Waals surface area contributed by atoms with Gasteiger partial charge in [0.15, 0.2) is 0 Å². The maximum Gasteiger partial charge on any atom is 0.224 e. The van der Waals surface area contributed by atoms with Gasteiger partial charge in [-0.05, 0) is 30.7 Å². The predicted octanol–water partition coefficient (Wildman–Crippen LogP) is 4.47. The van der Waals surface area contributed by atoms with E-state index in [0.29, 0.717) is 27.9 Å². The number of anilines is 1. The average Bonchev–Trinajstić information content (AvgIpc) is 2.56. The first-order valence-electron chi connectivity index (χ1n) is 7.27. The smallest absolute Gasteiger partial charge is 0.224 e. The van der Waals surface area contributed by atoms with Crippen LogP contribution in [0.2, 0.25) is 10.0 Å². The molecule has 0 spiro atoms. The van der Waals surface area contributed by atoms with Crippen LogP contribution >= 0.6 is 23.2 Å². The number of amides is 1. The fourth-order valence-electron chi connectivity index (χ4n) is 2.07. The zero-order valence-electron chi connectivity index (χ0n) is 13.3. The van der Waals surface area contributed by atoms with E-state index in [4.69, 9.17) is 28.0 Å². The summed E-state index contributed by atoms with van der Waals surface area (Å²) in [6.45, 7) is 1.91. The molecule has 2 rings (SSSR count). The maximum absolute atomic E-state index is 12.1. The second-order valence-corrected chi connectivity index (χ2v) is 5.90.